The topological polar surface area (TPSA) is 61.5 Å². The number of carbonyl (C=O) groups excluding carboxylic acids is 1. The molecule has 1 aromatic rings. The first-order valence-electron chi connectivity index (χ1n) is 5.90. The molecule has 0 amide bonds. The maximum atomic E-state index is 11.5. The Bertz CT molecular complexity index is 413. The zero-order valence-corrected chi connectivity index (χ0v) is 9.94. The Morgan fingerprint density at radius 3 is 2.88 bits per heavy atom. The molecule has 0 bridgehead atoms. The van der Waals surface area contributed by atoms with Crippen LogP contribution in [0.25, 0.3) is 0 Å². The Kier molecular flexibility index (Phi) is 3.52. The van der Waals surface area contributed by atoms with Crippen LogP contribution >= 0.6 is 0 Å². The van der Waals surface area contributed by atoms with Crippen LogP contribution in [0, 0.1) is 5.92 Å². The number of ether oxygens (including phenoxy) is 2. The van der Waals surface area contributed by atoms with Crippen molar-refractivity contribution >= 4 is 11.7 Å². The van der Waals surface area contributed by atoms with E-state index in [4.69, 9.17) is 15.2 Å². The second-order valence-corrected chi connectivity index (χ2v) is 4.23. The van der Waals surface area contributed by atoms with E-state index in [1.807, 2.05) is 0 Å². The first-order chi connectivity index (χ1) is 8.20. The molecule has 1 saturated carbocycles. The van der Waals surface area contributed by atoms with E-state index in [9.17, 15) is 4.79 Å². The summed E-state index contributed by atoms with van der Waals surface area (Å²) in [5, 5.41) is 0. The van der Waals surface area contributed by atoms with Gasteiger partial charge in [-0.3, -0.25) is 0 Å². The highest BCUT2D eigenvalue weighted by Gasteiger charge is 2.22. The van der Waals surface area contributed by atoms with E-state index in [0.29, 0.717) is 36.1 Å². The van der Waals surface area contributed by atoms with Crippen LogP contribution in [0.5, 0.6) is 5.75 Å². The molecule has 0 spiro atoms. The molecule has 1 aromatic carbocycles. The largest absolute Gasteiger partial charge is 0.491 e. The Morgan fingerprint density at radius 1 is 1.47 bits per heavy atom. The highest BCUT2D eigenvalue weighted by molar-refractivity contribution is 5.90. The molecule has 0 aliphatic heterocycles. The van der Waals surface area contributed by atoms with E-state index in [1.165, 1.54) is 12.8 Å². The molecule has 2 rings (SSSR count). The molecule has 1 aliphatic rings. The maximum Gasteiger partial charge on any atom is 0.338 e. The van der Waals surface area contributed by atoms with Crippen LogP contribution in [0.3, 0.4) is 0 Å². The van der Waals surface area contributed by atoms with Crippen molar-refractivity contribution in [1.82, 2.24) is 0 Å². The predicted molar refractivity (Wildman–Crippen MR) is 65.0 cm³/mol. The van der Waals surface area contributed by atoms with Gasteiger partial charge < -0.3 is 15.2 Å². The monoisotopic (exact) mass is 235 g/mol. The Morgan fingerprint density at radius 2 is 2.24 bits per heavy atom. The predicted octanol–water partition coefficient (Wildman–Crippen LogP) is 2.23. The molecule has 1 fully saturated rings. The average molecular weight is 235 g/mol. The lowest BCUT2D eigenvalue weighted by atomic mass is 10.2. The van der Waals surface area contributed by atoms with Gasteiger partial charge in [0.2, 0.25) is 0 Å². The van der Waals surface area contributed by atoms with Gasteiger partial charge in [0.1, 0.15) is 5.75 Å². The molecule has 0 atom stereocenters. The Labute approximate surface area is 101 Å². The first kappa shape index (κ1) is 11.8. The number of esters is 1. The summed E-state index contributed by atoms with van der Waals surface area (Å²) in [5.74, 6) is 0.881. The third kappa shape index (κ3) is 3.12. The van der Waals surface area contributed by atoms with Crippen LogP contribution in [0.4, 0.5) is 5.69 Å². The fraction of sp³-hybridized carbons (Fsp3) is 0.462. The van der Waals surface area contributed by atoms with Gasteiger partial charge in [-0.15, -0.1) is 0 Å². The maximum absolute atomic E-state index is 11.5. The zero-order chi connectivity index (χ0) is 12.3. The van der Waals surface area contributed by atoms with E-state index in [0.717, 1.165) is 0 Å². The first-order valence-corrected chi connectivity index (χ1v) is 5.90. The molecule has 0 radical (unpaired) electrons. The van der Waals surface area contributed by atoms with Crippen LogP contribution in [-0.4, -0.2) is 19.2 Å². The molecule has 0 saturated heterocycles. The van der Waals surface area contributed by atoms with Gasteiger partial charge in [0.15, 0.2) is 0 Å². The summed E-state index contributed by atoms with van der Waals surface area (Å²) in [6.45, 7) is 2.82. The number of hydrogen-bond donors (Lipinski definition) is 1. The molecular formula is C13H17NO3. The molecular weight excluding hydrogens is 218 g/mol. The number of rotatable bonds is 5. The lowest BCUT2D eigenvalue weighted by Gasteiger charge is -2.10. The second kappa shape index (κ2) is 5.08. The summed E-state index contributed by atoms with van der Waals surface area (Å²) in [5.41, 5.74) is 6.83. The van der Waals surface area contributed by atoms with Crippen molar-refractivity contribution in [3.8, 4) is 5.75 Å². The zero-order valence-electron chi connectivity index (χ0n) is 9.94. The molecule has 4 heteroatoms. The number of benzene rings is 1. The summed E-state index contributed by atoms with van der Waals surface area (Å²) < 4.78 is 10.5. The molecule has 1 aliphatic carbocycles. The quantitative estimate of drug-likeness (QED) is 0.628. The van der Waals surface area contributed by atoms with Gasteiger partial charge in [0, 0.05) is 0 Å². The minimum absolute atomic E-state index is 0.344. The molecule has 2 N–H and O–H groups in total. The number of hydrogen-bond acceptors (Lipinski definition) is 4. The van der Waals surface area contributed by atoms with Gasteiger partial charge in [-0.2, -0.15) is 0 Å². The summed E-state index contributed by atoms with van der Waals surface area (Å²) >= 11 is 0. The third-order valence-electron chi connectivity index (χ3n) is 2.70. The van der Waals surface area contributed by atoms with Gasteiger partial charge in [-0.1, -0.05) is 0 Å². The van der Waals surface area contributed by atoms with Crippen LogP contribution < -0.4 is 10.5 Å². The van der Waals surface area contributed by atoms with Gasteiger partial charge >= 0.3 is 5.97 Å². The average Bonchev–Trinajstić information content (AvgIpc) is 3.12. The van der Waals surface area contributed by atoms with Crippen molar-refractivity contribution in [3.05, 3.63) is 23.8 Å². The second-order valence-electron chi connectivity index (χ2n) is 4.23. The van der Waals surface area contributed by atoms with Gasteiger partial charge in [0.05, 0.1) is 24.5 Å². The summed E-state index contributed by atoms with van der Waals surface area (Å²) in [7, 11) is 0. The summed E-state index contributed by atoms with van der Waals surface area (Å²) in [4.78, 5) is 11.5. The molecule has 0 aromatic heterocycles. The van der Waals surface area contributed by atoms with Crippen LogP contribution in [0.1, 0.15) is 30.1 Å². The summed E-state index contributed by atoms with van der Waals surface area (Å²) in [6.07, 6.45) is 2.44. The highest BCUT2D eigenvalue weighted by atomic mass is 16.5. The van der Waals surface area contributed by atoms with Crippen molar-refractivity contribution in [3.63, 3.8) is 0 Å². The molecule has 4 nitrogen and oxygen atoms in total. The number of anilines is 1. The van der Waals surface area contributed by atoms with Gasteiger partial charge in [-0.05, 0) is 43.9 Å². The Hall–Kier alpha value is -1.71. The minimum Gasteiger partial charge on any atom is -0.491 e. The molecule has 17 heavy (non-hydrogen) atoms. The highest BCUT2D eigenvalue weighted by Crippen LogP contribution is 2.31. The normalized spacial score (nSPS) is 14.4. The van der Waals surface area contributed by atoms with Crippen molar-refractivity contribution in [2.45, 2.75) is 19.8 Å². The van der Waals surface area contributed by atoms with E-state index in [-0.39, 0.29) is 5.97 Å². The lowest BCUT2D eigenvalue weighted by Crippen LogP contribution is -2.07. The van der Waals surface area contributed by atoms with Gasteiger partial charge in [0.25, 0.3) is 0 Å². The van der Waals surface area contributed by atoms with E-state index in [2.05, 4.69) is 0 Å². The van der Waals surface area contributed by atoms with Crippen molar-refractivity contribution in [2.75, 3.05) is 18.9 Å². The van der Waals surface area contributed by atoms with Crippen LogP contribution in [0.15, 0.2) is 18.2 Å². The number of nitrogens with two attached hydrogens (primary N) is 1. The molecule has 0 heterocycles. The van der Waals surface area contributed by atoms with E-state index in [1.54, 1.807) is 25.1 Å². The summed E-state index contributed by atoms with van der Waals surface area (Å²) in [6, 6.07) is 4.97. The molecule has 92 valence electrons. The van der Waals surface area contributed by atoms with Crippen molar-refractivity contribution < 1.29 is 14.3 Å². The van der Waals surface area contributed by atoms with E-state index >= 15 is 0 Å². The van der Waals surface area contributed by atoms with Crippen molar-refractivity contribution in [1.29, 1.82) is 0 Å². The SMILES string of the molecule is CCOC(=O)c1ccc(N)c(OCC2CC2)c1. The standard InChI is InChI=1S/C13H17NO3/c1-2-16-13(15)10-5-6-11(14)12(7-10)17-8-9-3-4-9/h5-7,9H,2-4,8,14H2,1H3. The fourth-order valence-electron chi connectivity index (χ4n) is 1.49. The smallest absolute Gasteiger partial charge is 0.338 e. The molecule has 0 unspecified atom stereocenters. The van der Waals surface area contributed by atoms with Crippen LogP contribution in [-0.2, 0) is 4.74 Å². The van der Waals surface area contributed by atoms with Gasteiger partial charge in [-0.25, -0.2) is 4.79 Å². The lowest BCUT2D eigenvalue weighted by molar-refractivity contribution is 0.0526. The van der Waals surface area contributed by atoms with E-state index < -0.39 is 0 Å². The number of nitrogen functional groups attached to an aromatic ring is 1. The number of carbonyl (C=O) groups is 1. The van der Waals surface area contributed by atoms with Crippen LogP contribution in [0.2, 0.25) is 0 Å². The fourth-order valence-corrected chi connectivity index (χ4v) is 1.49. The van der Waals surface area contributed by atoms with Crippen molar-refractivity contribution in [2.24, 2.45) is 5.92 Å². The Balaban J connectivity index is 2.07. The minimum atomic E-state index is -0.344. The third-order valence-corrected chi connectivity index (χ3v) is 2.70.